The second kappa shape index (κ2) is 5.38. The first-order chi connectivity index (χ1) is 10.00. The summed E-state index contributed by atoms with van der Waals surface area (Å²) in [5.41, 5.74) is 1.02. The Kier molecular flexibility index (Phi) is 3.70. The molecular formula is C18H23NO2. The molecule has 2 bridgehead atoms. The Morgan fingerprint density at radius 1 is 1.29 bits per heavy atom. The van der Waals surface area contributed by atoms with E-state index in [9.17, 15) is 9.59 Å². The van der Waals surface area contributed by atoms with Crippen molar-refractivity contribution in [2.75, 3.05) is 13.1 Å². The fraction of sp³-hybridized carbons (Fsp3) is 0.556. The first kappa shape index (κ1) is 14.5. The number of fused-ring (bicyclic) bond motifs is 2. The summed E-state index contributed by atoms with van der Waals surface area (Å²) in [6.45, 7) is 5.50. The normalized spacial score (nSPS) is 29.8. The third-order valence-electron chi connectivity index (χ3n) is 5.64. The van der Waals surface area contributed by atoms with Crippen molar-refractivity contribution in [2.24, 2.45) is 23.2 Å². The molecule has 1 aromatic rings. The van der Waals surface area contributed by atoms with E-state index in [2.05, 4.69) is 19.2 Å². The van der Waals surface area contributed by atoms with Crippen LogP contribution in [0.1, 0.15) is 37.0 Å². The van der Waals surface area contributed by atoms with Crippen LogP contribution >= 0.6 is 0 Å². The number of ketones is 2. The third kappa shape index (κ3) is 2.55. The van der Waals surface area contributed by atoms with E-state index in [-0.39, 0.29) is 11.7 Å². The van der Waals surface area contributed by atoms with Crippen molar-refractivity contribution in [3.8, 4) is 0 Å². The Bertz CT molecular complexity index is 550. The van der Waals surface area contributed by atoms with Gasteiger partial charge in [-0.3, -0.25) is 9.59 Å². The van der Waals surface area contributed by atoms with Gasteiger partial charge in [0.1, 0.15) is 5.78 Å². The number of benzene rings is 1. The lowest BCUT2D eigenvalue weighted by Crippen LogP contribution is -2.58. The van der Waals surface area contributed by atoms with E-state index in [4.69, 9.17) is 0 Å². The van der Waals surface area contributed by atoms with Crippen LogP contribution in [0.2, 0.25) is 0 Å². The summed E-state index contributed by atoms with van der Waals surface area (Å²) >= 11 is 0. The average Bonchev–Trinajstić information content (AvgIpc) is 2.49. The topological polar surface area (TPSA) is 46.2 Å². The van der Waals surface area contributed by atoms with E-state index in [0.717, 1.165) is 12.0 Å². The molecule has 0 aromatic heterocycles. The van der Waals surface area contributed by atoms with Gasteiger partial charge in [0.05, 0.1) is 6.54 Å². The van der Waals surface area contributed by atoms with Crippen molar-refractivity contribution < 1.29 is 9.59 Å². The number of rotatable bonds is 5. The van der Waals surface area contributed by atoms with Crippen LogP contribution in [0.5, 0.6) is 0 Å². The first-order valence-electron chi connectivity index (χ1n) is 7.82. The van der Waals surface area contributed by atoms with E-state index in [1.54, 1.807) is 0 Å². The highest BCUT2D eigenvalue weighted by Crippen LogP contribution is 2.60. The molecular weight excluding hydrogens is 262 g/mol. The highest BCUT2D eigenvalue weighted by molar-refractivity contribution is 5.97. The maximum atomic E-state index is 12.1. The predicted octanol–water partition coefficient (Wildman–Crippen LogP) is 2.71. The van der Waals surface area contributed by atoms with Gasteiger partial charge in [-0.05, 0) is 23.7 Å². The summed E-state index contributed by atoms with van der Waals surface area (Å²) in [7, 11) is 0. The van der Waals surface area contributed by atoms with Crippen LogP contribution in [0.3, 0.4) is 0 Å². The first-order valence-corrected chi connectivity index (χ1v) is 7.82. The molecule has 0 heterocycles. The second-order valence-electron chi connectivity index (χ2n) is 7.06. The monoisotopic (exact) mass is 285 g/mol. The van der Waals surface area contributed by atoms with Crippen molar-refractivity contribution in [3.05, 3.63) is 35.9 Å². The summed E-state index contributed by atoms with van der Waals surface area (Å²) in [6.07, 6.45) is 1.90. The SMILES string of the molecule is CC1(C)C2CC(=O)C(CNCC(=O)c3ccccc3)C1C2. The van der Waals surface area contributed by atoms with Gasteiger partial charge < -0.3 is 5.32 Å². The number of carbonyl (C=O) groups excluding carboxylic acids is 2. The van der Waals surface area contributed by atoms with Crippen LogP contribution in [0, 0.1) is 23.2 Å². The summed E-state index contributed by atoms with van der Waals surface area (Å²) < 4.78 is 0. The van der Waals surface area contributed by atoms with Crippen LogP contribution in [0.25, 0.3) is 0 Å². The lowest BCUT2D eigenvalue weighted by Gasteiger charge is -2.59. The Balaban J connectivity index is 1.53. The minimum absolute atomic E-state index is 0.0876. The molecule has 21 heavy (non-hydrogen) atoms. The fourth-order valence-corrected chi connectivity index (χ4v) is 4.03. The van der Waals surface area contributed by atoms with Gasteiger partial charge in [-0.2, -0.15) is 0 Å². The quantitative estimate of drug-likeness (QED) is 0.846. The number of hydrogen-bond donors (Lipinski definition) is 1. The van der Waals surface area contributed by atoms with E-state index in [0.29, 0.717) is 36.1 Å². The lowest BCUT2D eigenvalue weighted by atomic mass is 9.45. The minimum Gasteiger partial charge on any atom is -0.309 e. The van der Waals surface area contributed by atoms with Gasteiger partial charge >= 0.3 is 0 Å². The predicted molar refractivity (Wildman–Crippen MR) is 82.1 cm³/mol. The molecule has 112 valence electrons. The molecule has 0 spiro atoms. The molecule has 0 radical (unpaired) electrons. The standard InChI is InChI=1S/C18H23NO2/c1-18(2)13-8-15(18)14(16(20)9-13)10-19-11-17(21)12-6-4-3-5-7-12/h3-7,13-15,19H,8-11H2,1-2H3. The third-order valence-corrected chi connectivity index (χ3v) is 5.64. The number of nitrogens with one attached hydrogen (secondary N) is 1. The van der Waals surface area contributed by atoms with Crippen molar-refractivity contribution in [2.45, 2.75) is 26.7 Å². The van der Waals surface area contributed by atoms with Gasteiger partial charge in [0.2, 0.25) is 0 Å². The summed E-state index contributed by atoms with van der Waals surface area (Å²) in [5, 5.41) is 3.21. The zero-order valence-electron chi connectivity index (χ0n) is 12.8. The molecule has 3 aliphatic carbocycles. The molecule has 3 saturated carbocycles. The number of Topliss-reactive ketones (excluding diaryl/α,β-unsaturated/α-hetero) is 2. The van der Waals surface area contributed by atoms with Crippen LogP contribution in [0.15, 0.2) is 30.3 Å². The molecule has 3 atom stereocenters. The summed E-state index contributed by atoms with van der Waals surface area (Å²) in [5.74, 6) is 1.63. The zero-order valence-corrected chi connectivity index (χ0v) is 12.8. The Labute approximate surface area is 126 Å². The fourth-order valence-electron chi connectivity index (χ4n) is 4.03. The summed E-state index contributed by atoms with van der Waals surface area (Å²) in [4.78, 5) is 24.2. The molecule has 0 saturated heterocycles. The smallest absolute Gasteiger partial charge is 0.176 e. The molecule has 0 amide bonds. The zero-order chi connectivity index (χ0) is 15.0. The van der Waals surface area contributed by atoms with E-state index >= 15 is 0 Å². The summed E-state index contributed by atoms with van der Waals surface area (Å²) in [6, 6.07) is 9.30. The Hall–Kier alpha value is -1.48. The molecule has 1 N–H and O–H groups in total. The molecule has 4 rings (SSSR count). The van der Waals surface area contributed by atoms with Crippen molar-refractivity contribution >= 4 is 11.6 Å². The van der Waals surface area contributed by atoms with Gasteiger partial charge in [-0.15, -0.1) is 0 Å². The van der Waals surface area contributed by atoms with E-state index in [1.807, 2.05) is 30.3 Å². The highest BCUT2D eigenvalue weighted by atomic mass is 16.1. The molecule has 3 nitrogen and oxygen atoms in total. The number of carbonyl (C=O) groups is 2. The second-order valence-corrected chi connectivity index (χ2v) is 7.06. The van der Waals surface area contributed by atoms with Crippen LogP contribution in [-0.2, 0) is 4.79 Å². The Morgan fingerprint density at radius 2 is 2.00 bits per heavy atom. The van der Waals surface area contributed by atoms with Gasteiger partial charge in [0, 0.05) is 24.4 Å². The molecule has 1 aromatic carbocycles. The molecule has 0 aliphatic heterocycles. The van der Waals surface area contributed by atoms with Crippen LogP contribution in [0.4, 0.5) is 0 Å². The van der Waals surface area contributed by atoms with Crippen LogP contribution in [-0.4, -0.2) is 24.7 Å². The van der Waals surface area contributed by atoms with Crippen molar-refractivity contribution in [3.63, 3.8) is 0 Å². The number of hydrogen-bond acceptors (Lipinski definition) is 3. The van der Waals surface area contributed by atoms with Crippen molar-refractivity contribution in [1.82, 2.24) is 5.32 Å². The maximum absolute atomic E-state index is 12.1. The largest absolute Gasteiger partial charge is 0.309 e. The van der Waals surface area contributed by atoms with E-state index < -0.39 is 0 Å². The minimum atomic E-state index is 0.0876. The van der Waals surface area contributed by atoms with Gasteiger partial charge in [-0.1, -0.05) is 44.2 Å². The van der Waals surface area contributed by atoms with E-state index in [1.165, 1.54) is 6.42 Å². The van der Waals surface area contributed by atoms with Gasteiger partial charge in [-0.25, -0.2) is 0 Å². The molecule has 3 aliphatic rings. The lowest BCUT2D eigenvalue weighted by molar-refractivity contribution is -0.154. The van der Waals surface area contributed by atoms with Crippen molar-refractivity contribution in [1.29, 1.82) is 0 Å². The maximum Gasteiger partial charge on any atom is 0.176 e. The average molecular weight is 285 g/mol. The molecule has 3 fully saturated rings. The van der Waals surface area contributed by atoms with Gasteiger partial charge in [0.15, 0.2) is 5.78 Å². The Morgan fingerprint density at radius 3 is 2.67 bits per heavy atom. The van der Waals surface area contributed by atoms with Crippen LogP contribution < -0.4 is 5.32 Å². The molecule has 3 heteroatoms. The molecule has 3 unspecified atom stereocenters. The highest BCUT2D eigenvalue weighted by Gasteiger charge is 2.57. The van der Waals surface area contributed by atoms with Gasteiger partial charge in [0.25, 0.3) is 0 Å².